The second-order valence-corrected chi connectivity index (χ2v) is 7.92. The van der Waals surface area contributed by atoms with Crippen LogP contribution in [0.5, 0.6) is 17.2 Å². The van der Waals surface area contributed by atoms with Crippen LogP contribution in [0.3, 0.4) is 0 Å². The standard InChI is InChI=1S/C23H29N5O5/c1-14-20-22(28-10-6-5-7-11-28)25-18(26-23(20)33-27-14)8-9-19(29)24-15-12-16(30-2)21(32-4)17(13-15)31-3/h12-13H,5-11H2,1-4H3,(H,24,29). The number of hydrogen-bond acceptors (Lipinski definition) is 9. The Balaban J connectivity index is 1.50. The van der Waals surface area contributed by atoms with E-state index >= 15 is 0 Å². The fourth-order valence-corrected chi connectivity index (χ4v) is 4.06. The van der Waals surface area contributed by atoms with Gasteiger partial charge in [-0.2, -0.15) is 4.98 Å². The lowest BCUT2D eigenvalue weighted by Gasteiger charge is -2.28. The monoisotopic (exact) mass is 455 g/mol. The van der Waals surface area contributed by atoms with Gasteiger partial charge in [-0.15, -0.1) is 0 Å². The molecule has 3 heterocycles. The van der Waals surface area contributed by atoms with Crippen molar-refractivity contribution in [2.45, 2.75) is 39.0 Å². The summed E-state index contributed by atoms with van der Waals surface area (Å²) in [6.07, 6.45) is 4.05. The summed E-state index contributed by atoms with van der Waals surface area (Å²) in [5.74, 6) is 2.62. The van der Waals surface area contributed by atoms with Crippen molar-refractivity contribution >= 4 is 28.5 Å². The van der Waals surface area contributed by atoms with E-state index in [0.717, 1.165) is 42.8 Å². The zero-order valence-corrected chi connectivity index (χ0v) is 19.4. The van der Waals surface area contributed by atoms with Crippen molar-refractivity contribution in [1.82, 2.24) is 15.1 Å². The number of aromatic nitrogens is 3. The molecule has 0 aliphatic carbocycles. The first-order valence-electron chi connectivity index (χ1n) is 11.0. The van der Waals surface area contributed by atoms with Crippen LogP contribution in [0.4, 0.5) is 11.5 Å². The maximum absolute atomic E-state index is 12.7. The fraction of sp³-hybridized carbons (Fsp3) is 0.478. The average molecular weight is 456 g/mol. The van der Waals surface area contributed by atoms with Gasteiger partial charge in [-0.1, -0.05) is 5.16 Å². The van der Waals surface area contributed by atoms with Crippen LogP contribution in [-0.2, 0) is 11.2 Å². The number of ether oxygens (including phenoxy) is 3. The molecule has 10 nitrogen and oxygen atoms in total. The number of rotatable bonds is 8. The molecule has 3 aromatic rings. The van der Waals surface area contributed by atoms with Crippen LogP contribution < -0.4 is 24.4 Å². The number of methoxy groups -OCH3 is 3. The summed E-state index contributed by atoms with van der Waals surface area (Å²) >= 11 is 0. The lowest BCUT2D eigenvalue weighted by molar-refractivity contribution is -0.116. The summed E-state index contributed by atoms with van der Waals surface area (Å²) in [5.41, 5.74) is 1.78. The van der Waals surface area contributed by atoms with E-state index in [9.17, 15) is 4.79 Å². The highest BCUT2D eigenvalue weighted by atomic mass is 16.5. The highest BCUT2D eigenvalue weighted by Gasteiger charge is 2.22. The number of aryl methyl sites for hydroxylation is 2. The van der Waals surface area contributed by atoms with Crippen molar-refractivity contribution in [2.24, 2.45) is 0 Å². The van der Waals surface area contributed by atoms with E-state index in [4.69, 9.17) is 23.7 Å². The first kappa shape index (κ1) is 22.6. The zero-order chi connectivity index (χ0) is 23.4. The van der Waals surface area contributed by atoms with E-state index in [1.165, 1.54) is 27.8 Å². The molecule has 176 valence electrons. The normalized spacial score (nSPS) is 13.8. The summed E-state index contributed by atoms with van der Waals surface area (Å²) in [5, 5.41) is 7.80. The van der Waals surface area contributed by atoms with E-state index in [0.29, 0.717) is 40.9 Å². The predicted octanol–water partition coefficient (Wildman–Crippen LogP) is 3.51. The van der Waals surface area contributed by atoms with Crippen LogP contribution in [0.25, 0.3) is 11.1 Å². The highest BCUT2D eigenvalue weighted by molar-refractivity contribution is 5.92. The summed E-state index contributed by atoms with van der Waals surface area (Å²) in [6, 6.07) is 3.38. The molecule has 4 rings (SSSR count). The quantitative estimate of drug-likeness (QED) is 0.545. The molecule has 0 saturated carbocycles. The van der Waals surface area contributed by atoms with E-state index in [2.05, 4.69) is 20.4 Å². The molecule has 1 N–H and O–H groups in total. The molecule has 0 radical (unpaired) electrons. The molecule has 10 heteroatoms. The number of carbonyl (C=O) groups excluding carboxylic acids is 1. The smallest absolute Gasteiger partial charge is 0.263 e. The van der Waals surface area contributed by atoms with Crippen LogP contribution in [0.1, 0.15) is 37.2 Å². The topological polar surface area (TPSA) is 112 Å². The SMILES string of the molecule is COc1cc(NC(=O)CCc2nc(N3CCCCC3)c3c(C)noc3n2)cc(OC)c1OC. The van der Waals surface area contributed by atoms with Crippen molar-refractivity contribution in [1.29, 1.82) is 0 Å². The number of amides is 1. The second kappa shape index (κ2) is 9.93. The van der Waals surface area contributed by atoms with Gasteiger partial charge in [0.15, 0.2) is 11.5 Å². The molecule has 0 unspecified atom stereocenters. The molecule has 1 aliphatic rings. The predicted molar refractivity (Wildman–Crippen MR) is 123 cm³/mol. The Hall–Kier alpha value is -3.56. The molecule has 2 aromatic heterocycles. The average Bonchev–Trinajstić information content (AvgIpc) is 3.22. The second-order valence-electron chi connectivity index (χ2n) is 7.92. The number of benzene rings is 1. The Morgan fingerprint density at radius 2 is 1.76 bits per heavy atom. The van der Waals surface area contributed by atoms with Crippen LogP contribution >= 0.6 is 0 Å². The van der Waals surface area contributed by atoms with Gasteiger partial charge in [-0.05, 0) is 26.2 Å². The van der Waals surface area contributed by atoms with Gasteiger partial charge in [-0.3, -0.25) is 4.79 Å². The number of piperidine rings is 1. The lowest BCUT2D eigenvalue weighted by atomic mass is 10.1. The third kappa shape index (κ3) is 4.79. The molecule has 1 aromatic carbocycles. The summed E-state index contributed by atoms with van der Waals surface area (Å²) < 4.78 is 21.4. The van der Waals surface area contributed by atoms with Crippen LogP contribution in [-0.4, -0.2) is 55.5 Å². The van der Waals surface area contributed by atoms with E-state index < -0.39 is 0 Å². The Labute approximate surface area is 192 Å². The maximum Gasteiger partial charge on any atom is 0.263 e. The minimum Gasteiger partial charge on any atom is -0.493 e. The van der Waals surface area contributed by atoms with E-state index in [1.54, 1.807) is 12.1 Å². The van der Waals surface area contributed by atoms with Crippen molar-refractivity contribution in [3.63, 3.8) is 0 Å². The Morgan fingerprint density at radius 1 is 1.06 bits per heavy atom. The molecule has 0 spiro atoms. The Bertz CT molecular complexity index is 1110. The molecule has 33 heavy (non-hydrogen) atoms. The van der Waals surface area contributed by atoms with Gasteiger partial charge in [0.25, 0.3) is 5.71 Å². The van der Waals surface area contributed by atoms with Crippen LogP contribution in [0.15, 0.2) is 16.7 Å². The minimum absolute atomic E-state index is 0.179. The molecule has 1 amide bonds. The van der Waals surface area contributed by atoms with E-state index in [1.807, 2.05) is 6.92 Å². The minimum atomic E-state index is -0.179. The Kier molecular flexibility index (Phi) is 6.81. The van der Waals surface area contributed by atoms with Gasteiger partial charge in [0, 0.05) is 43.8 Å². The van der Waals surface area contributed by atoms with Crippen molar-refractivity contribution in [3.8, 4) is 17.2 Å². The molecule has 1 aliphatic heterocycles. The summed E-state index contributed by atoms with van der Waals surface area (Å²) in [7, 11) is 4.59. The van der Waals surface area contributed by atoms with Gasteiger partial charge in [0.05, 0.1) is 27.0 Å². The largest absolute Gasteiger partial charge is 0.493 e. The van der Waals surface area contributed by atoms with Gasteiger partial charge < -0.3 is 29.0 Å². The molecular formula is C23H29N5O5. The van der Waals surface area contributed by atoms with Crippen LogP contribution in [0.2, 0.25) is 0 Å². The van der Waals surface area contributed by atoms with Crippen LogP contribution in [0, 0.1) is 6.92 Å². The van der Waals surface area contributed by atoms with Crippen molar-refractivity contribution < 1.29 is 23.5 Å². The zero-order valence-electron chi connectivity index (χ0n) is 19.4. The van der Waals surface area contributed by atoms with E-state index in [-0.39, 0.29) is 12.3 Å². The summed E-state index contributed by atoms with van der Waals surface area (Å²) in [6.45, 7) is 3.78. The number of nitrogens with zero attached hydrogens (tertiary/aromatic N) is 4. The van der Waals surface area contributed by atoms with Gasteiger partial charge in [0.1, 0.15) is 17.0 Å². The first-order chi connectivity index (χ1) is 16.0. The number of nitrogens with one attached hydrogen (secondary N) is 1. The van der Waals surface area contributed by atoms with Gasteiger partial charge >= 0.3 is 0 Å². The molecular weight excluding hydrogens is 426 g/mol. The first-order valence-corrected chi connectivity index (χ1v) is 11.0. The molecule has 0 bridgehead atoms. The number of fused-ring (bicyclic) bond motifs is 1. The third-order valence-electron chi connectivity index (χ3n) is 5.71. The number of anilines is 2. The van der Waals surface area contributed by atoms with Gasteiger partial charge in [0.2, 0.25) is 11.7 Å². The maximum atomic E-state index is 12.7. The molecule has 1 saturated heterocycles. The van der Waals surface area contributed by atoms with Crippen molar-refractivity contribution in [3.05, 3.63) is 23.7 Å². The summed E-state index contributed by atoms with van der Waals surface area (Å²) in [4.78, 5) is 24.2. The fourth-order valence-electron chi connectivity index (χ4n) is 4.06. The van der Waals surface area contributed by atoms with Crippen molar-refractivity contribution in [2.75, 3.05) is 44.6 Å². The lowest BCUT2D eigenvalue weighted by Crippen LogP contribution is -2.30. The highest BCUT2D eigenvalue weighted by Crippen LogP contribution is 2.40. The molecule has 1 fully saturated rings. The number of carbonyl (C=O) groups is 1. The number of hydrogen-bond donors (Lipinski definition) is 1. The Morgan fingerprint density at radius 3 is 2.39 bits per heavy atom. The third-order valence-corrected chi connectivity index (χ3v) is 5.71. The van der Waals surface area contributed by atoms with Gasteiger partial charge in [-0.25, -0.2) is 4.98 Å². The molecule has 0 atom stereocenters.